The maximum atomic E-state index is 12.3. The Bertz CT molecular complexity index is 439. The summed E-state index contributed by atoms with van der Waals surface area (Å²) in [5.74, 6) is 1.00. The average Bonchev–Trinajstić information content (AvgIpc) is 2.47. The van der Waals surface area contributed by atoms with Crippen LogP contribution in [0.25, 0.3) is 0 Å². The molecule has 1 saturated carbocycles. The molecular formula is C17H27N3O. The quantitative estimate of drug-likeness (QED) is 0.875. The lowest BCUT2D eigenvalue weighted by atomic mass is 9.78. The van der Waals surface area contributed by atoms with Crippen LogP contribution in [-0.2, 0) is 4.79 Å². The van der Waals surface area contributed by atoms with Crippen LogP contribution in [-0.4, -0.2) is 23.0 Å². The lowest BCUT2D eigenvalue weighted by Gasteiger charge is -2.33. The van der Waals surface area contributed by atoms with Crippen molar-refractivity contribution in [2.45, 2.75) is 58.5 Å². The van der Waals surface area contributed by atoms with Crippen LogP contribution in [0.2, 0.25) is 0 Å². The first-order valence-corrected chi connectivity index (χ1v) is 8.03. The van der Waals surface area contributed by atoms with E-state index in [1.807, 2.05) is 12.1 Å². The Morgan fingerprint density at radius 3 is 2.33 bits per heavy atom. The van der Waals surface area contributed by atoms with Crippen LogP contribution in [0.3, 0.4) is 0 Å². The Kier molecular flexibility index (Phi) is 5.74. The Balaban J connectivity index is 1.79. The zero-order valence-corrected chi connectivity index (χ0v) is 13.3. The van der Waals surface area contributed by atoms with Gasteiger partial charge in [-0.1, -0.05) is 13.8 Å². The molecule has 2 N–H and O–H groups in total. The molecule has 0 aliphatic heterocycles. The number of nitrogens with zero attached hydrogens (tertiary/aromatic N) is 1. The van der Waals surface area contributed by atoms with E-state index in [2.05, 4.69) is 36.4 Å². The second-order valence-electron chi connectivity index (χ2n) is 6.45. The van der Waals surface area contributed by atoms with Crippen molar-refractivity contribution in [1.29, 1.82) is 0 Å². The second kappa shape index (κ2) is 7.55. The van der Waals surface area contributed by atoms with E-state index < -0.39 is 0 Å². The fourth-order valence-corrected chi connectivity index (χ4v) is 3.22. The normalized spacial score (nSPS) is 23.8. The average molecular weight is 289 g/mol. The van der Waals surface area contributed by atoms with Gasteiger partial charge in [0.25, 0.3) is 0 Å². The highest BCUT2D eigenvalue weighted by atomic mass is 16.1. The first-order valence-electron chi connectivity index (χ1n) is 8.03. The molecule has 116 valence electrons. The van der Waals surface area contributed by atoms with E-state index in [-0.39, 0.29) is 11.8 Å². The summed E-state index contributed by atoms with van der Waals surface area (Å²) in [4.78, 5) is 16.2. The molecule has 4 nitrogen and oxygen atoms in total. The Labute approximate surface area is 127 Å². The SMILES string of the molecule is CC(C)NC(C)[C@H]1CC[C@H](C(=O)Nc2ccncc2)CC1. The molecule has 1 aromatic heterocycles. The molecule has 1 heterocycles. The Hall–Kier alpha value is -1.42. The lowest BCUT2D eigenvalue weighted by Crippen LogP contribution is -2.40. The fraction of sp³-hybridized carbons (Fsp3) is 0.647. The molecule has 1 aromatic rings. The van der Waals surface area contributed by atoms with E-state index in [0.29, 0.717) is 18.0 Å². The summed E-state index contributed by atoms with van der Waals surface area (Å²) in [5.41, 5.74) is 0.840. The molecular weight excluding hydrogens is 262 g/mol. The number of nitrogens with one attached hydrogen (secondary N) is 2. The second-order valence-corrected chi connectivity index (χ2v) is 6.45. The largest absolute Gasteiger partial charge is 0.326 e. The lowest BCUT2D eigenvalue weighted by molar-refractivity contribution is -0.121. The first kappa shape index (κ1) is 16.0. The van der Waals surface area contributed by atoms with Gasteiger partial charge >= 0.3 is 0 Å². The molecule has 0 aromatic carbocycles. The number of hydrogen-bond donors (Lipinski definition) is 2. The van der Waals surface area contributed by atoms with Gasteiger partial charge in [0.15, 0.2) is 0 Å². The maximum Gasteiger partial charge on any atom is 0.227 e. The molecule has 0 spiro atoms. The molecule has 4 heteroatoms. The molecule has 1 unspecified atom stereocenters. The number of rotatable bonds is 5. The number of hydrogen-bond acceptors (Lipinski definition) is 3. The summed E-state index contributed by atoms with van der Waals surface area (Å²) in [6, 6.07) is 4.72. The molecule has 1 fully saturated rings. The van der Waals surface area contributed by atoms with Gasteiger partial charge in [-0.25, -0.2) is 0 Å². The van der Waals surface area contributed by atoms with Gasteiger partial charge in [-0.15, -0.1) is 0 Å². The van der Waals surface area contributed by atoms with Gasteiger partial charge < -0.3 is 10.6 Å². The molecule has 21 heavy (non-hydrogen) atoms. The zero-order chi connectivity index (χ0) is 15.2. The number of aromatic nitrogens is 1. The highest BCUT2D eigenvalue weighted by Gasteiger charge is 2.29. The molecule has 0 saturated heterocycles. The predicted molar refractivity (Wildman–Crippen MR) is 86.0 cm³/mol. The van der Waals surface area contributed by atoms with E-state index >= 15 is 0 Å². The minimum Gasteiger partial charge on any atom is -0.326 e. The van der Waals surface area contributed by atoms with Crippen LogP contribution in [0.5, 0.6) is 0 Å². The third kappa shape index (κ3) is 4.81. The van der Waals surface area contributed by atoms with Crippen molar-refractivity contribution in [1.82, 2.24) is 10.3 Å². The number of anilines is 1. The van der Waals surface area contributed by atoms with Crippen molar-refractivity contribution >= 4 is 11.6 Å². The van der Waals surface area contributed by atoms with E-state index in [4.69, 9.17) is 0 Å². The molecule has 1 aliphatic carbocycles. The number of carbonyl (C=O) groups excluding carboxylic acids is 1. The van der Waals surface area contributed by atoms with Crippen LogP contribution >= 0.6 is 0 Å². The summed E-state index contributed by atoms with van der Waals surface area (Å²) < 4.78 is 0. The van der Waals surface area contributed by atoms with Gasteiger partial charge in [-0.05, 0) is 50.7 Å². The van der Waals surface area contributed by atoms with Crippen LogP contribution in [0.4, 0.5) is 5.69 Å². The van der Waals surface area contributed by atoms with E-state index in [9.17, 15) is 4.79 Å². The predicted octanol–water partition coefficient (Wildman–Crippen LogP) is 3.21. The van der Waals surface area contributed by atoms with Crippen LogP contribution in [0, 0.1) is 11.8 Å². The first-order chi connectivity index (χ1) is 10.1. The van der Waals surface area contributed by atoms with E-state index in [0.717, 1.165) is 31.4 Å². The third-order valence-electron chi connectivity index (χ3n) is 4.39. The molecule has 0 radical (unpaired) electrons. The zero-order valence-electron chi connectivity index (χ0n) is 13.3. The number of amides is 1. The highest BCUT2D eigenvalue weighted by Crippen LogP contribution is 2.31. The van der Waals surface area contributed by atoms with Gasteiger partial charge in [0.1, 0.15) is 0 Å². The van der Waals surface area contributed by atoms with Crippen LogP contribution < -0.4 is 10.6 Å². The minimum absolute atomic E-state index is 0.153. The van der Waals surface area contributed by atoms with Gasteiger partial charge in [-0.3, -0.25) is 9.78 Å². The number of pyridine rings is 1. The van der Waals surface area contributed by atoms with Gasteiger partial charge in [0.05, 0.1) is 0 Å². The van der Waals surface area contributed by atoms with E-state index in [1.165, 1.54) is 0 Å². The summed E-state index contributed by atoms with van der Waals surface area (Å²) in [6.45, 7) is 6.64. The topological polar surface area (TPSA) is 54.0 Å². The standard InChI is InChI=1S/C17H27N3O/c1-12(2)19-13(3)14-4-6-15(7-5-14)17(21)20-16-8-10-18-11-9-16/h8-15,19H,4-7H2,1-3H3,(H,18,20,21)/t13?,14-,15-. The van der Waals surface area contributed by atoms with Crippen molar-refractivity contribution in [2.24, 2.45) is 11.8 Å². The van der Waals surface area contributed by atoms with Crippen molar-refractivity contribution < 1.29 is 4.79 Å². The number of carbonyl (C=O) groups is 1. The summed E-state index contributed by atoms with van der Waals surface area (Å²) in [6.07, 6.45) is 7.65. The van der Waals surface area contributed by atoms with Crippen LogP contribution in [0.15, 0.2) is 24.5 Å². The molecule has 1 aliphatic rings. The van der Waals surface area contributed by atoms with Crippen molar-refractivity contribution in [3.05, 3.63) is 24.5 Å². The van der Waals surface area contributed by atoms with Crippen LogP contribution in [0.1, 0.15) is 46.5 Å². The molecule has 1 amide bonds. The molecule has 1 atom stereocenters. The highest BCUT2D eigenvalue weighted by molar-refractivity contribution is 5.92. The van der Waals surface area contributed by atoms with Crippen molar-refractivity contribution in [3.8, 4) is 0 Å². The van der Waals surface area contributed by atoms with Gasteiger partial charge in [-0.2, -0.15) is 0 Å². The Morgan fingerprint density at radius 1 is 1.14 bits per heavy atom. The molecule has 2 rings (SSSR count). The monoisotopic (exact) mass is 289 g/mol. The summed E-state index contributed by atoms with van der Waals surface area (Å²) in [5, 5.41) is 6.58. The van der Waals surface area contributed by atoms with Crippen molar-refractivity contribution in [2.75, 3.05) is 5.32 Å². The Morgan fingerprint density at radius 2 is 1.76 bits per heavy atom. The van der Waals surface area contributed by atoms with Crippen molar-refractivity contribution in [3.63, 3.8) is 0 Å². The smallest absolute Gasteiger partial charge is 0.227 e. The third-order valence-corrected chi connectivity index (χ3v) is 4.39. The fourth-order valence-electron chi connectivity index (χ4n) is 3.22. The minimum atomic E-state index is 0.153. The summed E-state index contributed by atoms with van der Waals surface area (Å²) >= 11 is 0. The molecule has 0 bridgehead atoms. The summed E-state index contributed by atoms with van der Waals surface area (Å²) in [7, 11) is 0. The van der Waals surface area contributed by atoms with Gasteiger partial charge in [0, 0.05) is 36.1 Å². The van der Waals surface area contributed by atoms with E-state index in [1.54, 1.807) is 12.4 Å². The maximum absolute atomic E-state index is 12.3. The van der Waals surface area contributed by atoms with Gasteiger partial charge in [0.2, 0.25) is 5.91 Å².